The molecule has 0 atom stereocenters. The summed E-state index contributed by atoms with van der Waals surface area (Å²) in [6, 6.07) is 0. The van der Waals surface area contributed by atoms with Gasteiger partial charge in [0.2, 0.25) is 0 Å². The third-order valence-corrected chi connectivity index (χ3v) is 0. The maximum atomic E-state index is 8.88. The predicted octanol–water partition coefficient (Wildman–Crippen LogP) is -0.936. The molecule has 0 saturated carbocycles. The first-order valence-corrected chi connectivity index (χ1v) is 2.35. The molecule has 0 aromatic carbocycles. The van der Waals surface area contributed by atoms with Crippen LogP contribution in [0.5, 0.6) is 0 Å². The Labute approximate surface area is 81.7 Å². The van der Waals surface area contributed by atoms with Gasteiger partial charge < -0.3 is 14.7 Å². The van der Waals surface area contributed by atoms with Crippen LogP contribution in [0.15, 0.2) is 0 Å². The molecule has 0 aliphatic heterocycles. The van der Waals surface area contributed by atoms with Crippen molar-refractivity contribution in [3.05, 3.63) is 0 Å². The summed E-state index contributed by atoms with van der Waals surface area (Å²) in [4.78, 5) is 21.6. The normalized spacial score (nSPS) is 7.38. The van der Waals surface area contributed by atoms with E-state index in [-0.39, 0.29) is 55.0 Å². The van der Waals surface area contributed by atoms with E-state index >= 15 is 0 Å². The van der Waals surface area contributed by atoms with Gasteiger partial charge in [0.25, 0.3) is 0 Å². The second-order valence-corrected chi connectivity index (χ2v) is 1.54. The molecule has 4 nitrogen and oxygen atoms in total. The number of rotatable bonds is 0. The Bertz CT molecular complexity index is 62.2. The molecule has 55 valence electrons. The fraction of sp³-hybridized carbons (Fsp3) is 0. The molecule has 0 rings (SSSR count). The zero-order chi connectivity index (χ0) is 4.50. The smallest absolute Gasteiger partial charge is 0.303 e. The molecule has 8 heteroatoms. The summed E-state index contributed by atoms with van der Waals surface area (Å²) in [6.07, 6.45) is 0. The van der Waals surface area contributed by atoms with Gasteiger partial charge in [0.1, 0.15) is 0 Å². The van der Waals surface area contributed by atoms with Gasteiger partial charge >= 0.3 is 7.82 Å². The monoisotopic (exact) mass is 263 g/mol. The van der Waals surface area contributed by atoms with Crippen LogP contribution in [0, 0.1) is 0 Å². The molecule has 0 amide bonds. The molecule has 0 fully saturated rings. The Kier molecular flexibility index (Phi) is 24.9. The van der Waals surface area contributed by atoms with Crippen LogP contribution >= 0.6 is 7.82 Å². The average Bonchev–Trinajstić information content (AvgIpc) is 0.722. The van der Waals surface area contributed by atoms with Crippen molar-refractivity contribution in [2.24, 2.45) is 0 Å². The van der Waals surface area contributed by atoms with Crippen molar-refractivity contribution < 1.29 is 74.2 Å². The molecule has 0 aliphatic carbocycles. The van der Waals surface area contributed by atoms with Gasteiger partial charge in [-0.1, -0.05) is 0 Å². The van der Waals surface area contributed by atoms with Crippen LogP contribution in [0.1, 0.15) is 0 Å². The van der Waals surface area contributed by atoms with Gasteiger partial charge in [-0.15, -0.1) is 0 Å². The van der Waals surface area contributed by atoms with Crippen LogP contribution in [-0.2, 0) is 59.6 Å². The Morgan fingerprint density at radius 2 is 1.12 bits per heavy atom. The standard InChI is InChI=1S/Co.Ni.H3O4P.Ti/c;;1-5(2,3)4;/h;;(H3,1,2,3,4);. The molecule has 0 bridgehead atoms. The van der Waals surface area contributed by atoms with Crippen LogP contribution in [-0.4, -0.2) is 14.7 Å². The second kappa shape index (κ2) is 8.82. The molecule has 3 N–H and O–H groups in total. The first-order valence-electron chi connectivity index (χ1n) is 0.783. The van der Waals surface area contributed by atoms with E-state index in [1.165, 1.54) is 0 Å². The van der Waals surface area contributed by atoms with Crippen molar-refractivity contribution in [2.45, 2.75) is 0 Å². The summed E-state index contributed by atoms with van der Waals surface area (Å²) in [5.41, 5.74) is 0. The van der Waals surface area contributed by atoms with Crippen LogP contribution in [0.3, 0.4) is 0 Å². The maximum Gasteiger partial charge on any atom is 0.466 e. The average molecular weight is 263 g/mol. The van der Waals surface area contributed by atoms with Crippen LogP contribution < -0.4 is 0 Å². The fourth-order valence-electron chi connectivity index (χ4n) is 0. The van der Waals surface area contributed by atoms with E-state index in [2.05, 4.69) is 0 Å². The van der Waals surface area contributed by atoms with Gasteiger partial charge in [-0.05, 0) is 0 Å². The summed E-state index contributed by atoms with van der Waals surface area (Å²) < 4.78 is 8.88. The molecule has 0 saturated heterocycles. The van der Waals surface area contributed by atoms with Crippen molar-refractivity contribution >= 4 is 7.82 Å². The topological polar surface area (TPSA) is 77.8 Å². The summed E-state index contributed by atoms with van der Waals surface area (Å²) >= 11 is 0. The molecule has 1 radical (unpaired) electrons. The van der Waals surface area contributed by atoms with E-state index in [0.29, 0.717) is 0 Å². The summed E-state index contributed by atoms with van der Waals surface area (Å²) in [6.45, 7) is 0. The minimum Gasteiger partial charge on any atom is -0.303 e. The van der Waals surface area contributed by atoms with Crippen LogP contribution in [0.4, 0.5) is 0 Å². The van der Waals surface area contributed by atoms with E-state index in [1.807, 2.05) is 0 Å². The minimum absolute atomic E-state index is 0. The van der Waals surface area contributed by atoms with Crippen molar-refractivity contribution in [3.63, 3.8) is 0 Å². The summed E-state index contributed by atoms with van der Waals surface area (Å²) in [7, 11) is -4.64. The maximum absolute atomic E-state index is 8.88. The van der Waals surface area contributed by atoms with Gasteiger partial charge in [-0.3, -0.25) is 0 Å². The first-order chi connectivity index (χ1) is 2.00. The Morgan fingerprint density at radius 1 is 1.12 bits per heavy atom. The van der Waals surface area contributed by atoms with E-state index in [1.54, 1.807) is 0 Å². The Balaban J connectivity index is -0.0000000267. The zero-order valence-electron chi connectivity index (χ0n) is 3.35. The molecule has 0 aromatic rings. The predicted molar refractivity (Wildman–Crippen MR) is 14.3 cm³/mol. The largest absolute Gasteiger partial charge is 0.466 e. The zero-order valence-corrected chi connectivity index (χ0v) is 7.83. The van der Waals surface area contributed by atoms with Crippen molar-refractivity contribution in [3.8, 4) is 0 Å². The van der Waals surface area contributed by atoms with Crippen molar-refractivity contribution in [2.75, 3.05) is 0 Å². The van der Waals surface area contributed by atoms with Gasteiger partial charge in [0, 0.05) is 55.0 Å². The summed E-state index contributed by atoms with van der Waals surface area (Å²) in [5, 5.41) is 0. The van der Waals surface area contributed by atoms with Gasteiger partial charge in [-0.2, -0.15) is 0 Å². The molecule has 0 aromatic heterocycles. The Hall–Kier alpha value is 1.82. The molecule has 0 spiro atoms. The van der Waals surface area contributed by atoms with E-state index in [9.17, 15) is 0 Å². The number of hydrogen-bond acceptors (Lipinski definition) is 1. The van der Waals surface area contributed by atoms with E-state index in [4.69, 9.17) is 19.2 Å². The number of hydrogen-bond donors (Lipinski definition) is 3. The van der Waals surface area contributed by atoms with E-state index < -0.39 is 7.82 Å². The van der Waals surface area contributed by atoms with Gasteiger partial charge in [-0.25, -0.2) is 4.57 Å². The molecule has 0 unspecified atom stereocenters. The molecular weight excluding hydrogens is 260 g/mol. The minimum atomic E-state index is -4.64. The van der Waals surface area contributed by atoms with Gasteiger partial charge in [0.15, 0.2) is 0 Å². The van der Waals surface area contributed by atoms with Crippen molar-refractivity contribution in [1.82, 2.24) is 0 Å². The SMILES string of the molecule is O=P(O)(O)O.[Co].[Ni].[Ti]. The molecule has 0 aliphatic rings. The number of phosphoric acid groups is 1. The molecule has 8 heavy (non-hydrogen) atoms. The second-order valence-electron chi connectivity index (χ2n) is 0.513. The quantitative estimate of drug-likeness (QED) is 0.390. The van der Waals surface area contributed by atoms with Gasteiger partial charge in [0.05, 0.1) is 0 Å². The first kappa shape index (κ1) is 22.6. The molecular formula is H3CoNiO4PTi. The summed E-state index contributed by atoms with van der Waals surface area (Å²) in [5.74, 6) is 0. The third-order valence-electron chi connectivity index (χ3n) is 0. The fourth-order valence-corrected chi connectivity index (χ4v) is 0. The van der Waals surface area contributed by atoms with E-state index in [0.717, 1.165) is 0 Å². The van der Waals surface area contributed by atoms with Crippen molar-refractivity contribution in [1.29, 1.82) is 0 Å². The Morgan fingerprint density at radius 3 is 1.12 bits per heavy atom. The third kappa shape index (κ3) is 109. The van der Waals surface area contributed by atoms with Crippen LogP contribution in [0.2, 0.25) is 0 Å². The molecule has 0 heterocycles. The van der Waals surface area contributed by atoms with Crippen LogP contribution in [0.25, 0.3) is 0 Å².